The van der Waals surface area contributed by atoms with E-state index in [0.717, 1.165) is 33.1 Å². The zero-order chi connectivity index (χ0) is 17.8. The lowest BCUT2D eigenvalue weighted by Gasteiger charge is -2.06. The summed E-state index contributed by atoms with van der Waals surface area (Å²) in [7, 11) is 0. The third kappa shape index (κ3) is 3.51. The van der Waals surface area contributed by atoms with Gasteiger partial charge < -0.3 is 9.15 Å². The van der Waals surface area contributed by atoms with Gasteiger partial charge in [-0.2, -0.15) is 5.26 Å². The van der Waals surface area contributed by atoms with Gasteiger partial charge >= 0.3 is 0 Å². The summed E-state index contributed by atoms with van der Waals surface area (Å²) >= 11 is 1.57. The van der Waals surface area contributed by atoms with E-state index in [1.54, 1.807) is 23.9 Å². The third-order valence-corrected chi connectivity index (χ3v) is 4.85. The summed E-state index contributed by atoms with van der Waals surface area (Å²) in [4.78, 5) is 4.56. The van der Waals surface area contributed by atoms with Crippen molar-refractivity contribution in [1.29, 1.82) is 5.26 Å². The number of nitrogens with zero attached hydrogens (tertiary/aromatic N) is 2. The number of nitriles is 1. The maximum absolute atomic E-state index is 8.87. The molecule has 4 nitrogen and oxygen atoms in total. The molecule has 2 aromatic heterocycles. The van der Waals surface area contributed by atoms with Crippen LogP contribution in [0.2, 0.25) is 0 Å². The van der Waals surface area contributed by atoms with Gasteiger partial charge in [-0.3, -0.25) is 0 Å². The Labute approximate surface area is 154 Å². The maximum Gasteiger partial charge on any atom is 0.131 e. The molecular weight excluding hydrogens is 344 g/mol. The molecule has 0 aliphatic carbocycles. The quantitative estimate of drug-likeness (QED) is 0.471. The number of hydrogen-bond donors (Lipinski definition) is 0. The van der Waals surface area contributed by atoms with Crippen LogP contribution in [0.25, 0.3) is 21.7 Å². The molecule has 5 heteroatoms. The van der Waals surface area contributed by atoms with Gasteiger partial charge in [-0.05, 0) is 41.5 Å². The van der Waals surface area contributed by atoms with Gasteiger partial charge in [0.25, 0.3) is 0 Å². The van der Waals surface area contributed by atoms with Gasteiger partial charge in [0.1, 0.15) is 23.6 Å². The number of furan rings is 1. The van der Waals surface area contributed by atoms with Crippen LogP contribution in [0, 0.1) is 11.3 Å². The molecular formula is C21H14N2O2S. The summed E-state index contributed by atoms with van der Waals surface area (Å²) in [5.41, 5.74) is 4.68. The van der Waals surface area contributed by atoms with Crippen molar-refractivity contribution in [3.63, 3.8) is 0 Å². The highest BCUT2D eigenvalue weighted by molar-refractivity contribution is 7.13. The summed E-state index contributed by atoms with van der Waals surface area (Å²) in [5, 5.41) is 11.8. The number of rotatable bonds is 5. The molecule has 0 unspecified atom stereocenters. The molecule has 0 N–H and O–H groups in total. The predicted octanol–water partition coefficient (Wildman–Crippen LogP) is 5.52. The molecule has 0 amide bonds. The molecule has 4 aromatic rings. The summed E-state index contributed by atoms with van der Waals surface area (Å²) in [5.74, 6) is 0.792. The minimum absolute atomic E-state index is 0.421. The van der Waals surface area contributed by atoms with Crippen LogP contribution >= 0.6 is 11.3 Å². The largest absolute Gasteiger partial charge is 0.487 e. The normalized spacial score (nSPS) is 10.4. The van der Waals surface area contributed by atoms with Crippen molar-refractivity contribution < 1.29 is 9.15 Å². The molecule has 0 saturated carbocycles. The van der Waals surface area contributed by atoms with Crippen molar-refractivity contribution in [2.75, 3.05) is 0 Å². The number of hydrogen-bond acceptors (Lipinski definition) is 5. The molecule has 0 bridgehead atoms. The first-order valence-electron chi connectivity index (χ1n) is 8.02. The predicted molar refractivity (Wildman–Crippen MR) is 101 cm³/mol. The van der Waals surface area contributed by atoms with Crippen molar-refractivity contribution >= 4 is 11.3 Å². The second-order valence-corrected chi connectivity index (χ2v) is 6.52. The Hall–Kier alpha value is -3.36. The van der Waals surface area contributed by atoms with E-state index in [9.17, 15) is 0 Å². The molecule has 2 aromatic carbocycles. The van der Waals surface area contributed by atoms with Crippen LogP contribution in [0.5, 0.6) is 5.75 Å². The third-order valence-electron chi connectivity index (χ3n) is 3.91. The van der Waals surface area contributed by atoms with Gasteiger partial charge in [0.15, 0.2) is 0 Å². The highest BCUT2D eigenvalue weighted by Crippen LogP contribution is 2.26. The van der Waals surface area contributed by atoms with E-state index in [1.807, 2.05) is 60.0 Å². The van der Waals surface area contributed by atoms with E-state index in [1.165, 1.54) is 0 Å². The van der Waals surface area contributed by atoms with Crippen LogP contribution in [0.15, 0.2) is 76.9 Å². The zero-order valence-electron chi connectivity index (χ0n) is 13.8. The molecule has 4 rings (SSSR count). The lowest BCUT2D eigenvalue weighted by atomic mass is 10.0. The van der Waals surface area contributed by atoms with Crippen LogP contribution in [-0.4, -0.2) is 4.98 Å². The second-order valence-electron chi connectivity index (χ2n) is 5.66. The standard InChI is InChI=1S/C21H14N2O2S/c22-11-15-1-3-16(4-2-15)17-5-7-20(8-6-17)25-13-19-14-26-21(23-19)18-9-10-24-12-18/h1-10,12,14H,13H2. The van der Waals surface area contributed by atoms with Crippen molar-refractivity contribution in [2.24, 2.45) is 0 Å². The van der Waals surface area contributed by atoms with Crippen LogP contribution in [0.1, 0.15) is 11.3 Å². The fourth-order valence-electron chi connectivity index (χ4n) is 2.53. The van der Waals surface area contributed by atoms with Gasteiger partial charge in [0.2, 0.25) is 0 Å². The fraction of sp³-hybridized carbons (Fsp3) is 0.0476. The Morgan fingerprint density at radius 3 is 2.35 bits per heavy atom. The summed E-state index contributed by atoms with van der Waals surface area (Å²) in [6.07, 6.45) is 3.33. The Morgan fingerprint density at radius 2 is 1.69 bits per heavy atom. The summed E-state index contributed by atoms with van der Waals surface area (Å²) < 4.78 is 10.9. The first kappa shape index (κ1) is 16.1. The van der Waals surface area contributed by atoms with Crippen molar-refractivity contribution in [1.82, 2.24) is 4.98 Å². The molecule has 0 aliphatic heterocycles. The summed E-state index contributed by atoms with van der Waals surface area (Å²) in [6, 6.07) is 19.5. The van der Waals surface area contributed by atoms with E-state index in [0.29, 0.717) is 12.2 Å². The smallest absolute Gasteiger partial charge is 0.131 e. The van der Waals surface area contributed by atoms with Crippen LogP contribution in [0.4, 0.5) is 0 Å². The van der Waals surface area contributed by atoms with E-state index in [4.69, 9.17) is 14.4 Å². The lowest BCUT2D eigenvalue weighted by Crippen LogP contribution is -1.95. The number of aromatic nitrogens is 1. The van der Waals surface area contributed by atoms with E-state index in [-0.39, 0.29) is 0 Å². The van der Waals surface area contributed by atoms with Crippen molar-refractivity contribution in [3.05, 3.63) is 83.8 Å². The Kier molecular flexibility index (Phi) is 4.50. The number of ether oxygens (including phenoxy) is 1. The first-order chi connectivity index (χ1) is 12.8. The molecule has 26 heavy (non-hydrogen) atoms. The molecule has 0 aliphatic rings. The zero-order valence-corrected chi connectivity index (χ0v) is 14.6. The Balaban J connectivity index is 1.40. The lowest BCUT2D eigenvalue weighted by molar-refractivity contribution is 0.302. The minimum atomic E-state index is 0.421. The van der Waals surface area contributed by atoms with Crippen molar-refractivity contribution in [3.8, 4) is 33.5 Å². The highest BCUT2D eigenvalue weighted by Gasteiger charge is 2.07. The summed E-state index contributed by atoms with van der Waals surface area (Å²) in [6.45, 7) is 0.421. The van der Waals surface area contributed by atoms with Gasteiger partial charge in [0, 0.05) is 10.9 Å². The number of thiazole rings is 1. The van der Waals surface area contributed by atoms with Gasteiger partial charge in [-0.1, -0.05) is 24.3 Å². The van der Waals surface area contributed by atoms with Crippen molar-refractivity contribution in [2.45, 2.75) is 6.61 Å². The molecule has 0 saturated heterocycles. The second kappa shape index (κ2) is 7.26. The Morgan fingerprint density at radius 1 is 0.962 bits per heavy atom. The van der Waals surface area contributed by atoms with Gasteiger partial charge in [0.05, 0.1) is 23.6 Å². The first-order valence-corrected chi connectivity index (χ1v) is 8.90. The minimum Gasteiger partial charge on any atom is -0.487 e. The molecule has 0 spiro atoms. The molecule has 126 valence electrons. The SMILES string of the molecule is N#Cc1ccc(-c2ccc(OCc3csc(-c4ccoc4)n3)cc2)cc1. The highest BCUT2D eigenvalue weighted by atomic mass is 32.1. The van der Waals surface area contributed by atoms with E-state index in [2.05, 4.69) is 11.1 Å². The van der Waals surface area contributed by atoms with Crippen LogP contribution in [0.3, 0.4) is 0 Å². The molecule has 2 heterocycles. The molecule has 0 fully saturated rings. The maximum atomic E-state index is 8.87. The molecule has 0 radical (unpaired) electrons. The van der Waals surface area contributed by atoms with Gasteiger partial charge in [-0.25, -0.2) is 4.98 Å². The van der Waals surface area contributed by atoms with E-state index < -0.39 is 0 Å². The number of benzene rings is 2. The monoisotopic (exact) mass is 358 g/mol. The van der Waals surface area contributed by atoms with Crippen LogP contribution < -0.4 is 4.74 Å². The van der Waals surface area contributed by atoms with Crippen LogP contribution in [-0.2, 0) is 6.61 Å². The molecule has 0 atom stereocenters. The van der Waals surface area contributed by atoms with E-state index >= 15 is 0 Å². The topological polar surface area (TPSA) is 59.0 Å². The average molecular weight is 358 g/mol. The average Bonchev–Trinajstić information content (AvgIpc) is 3.38. The Bertz CT molecular complexity index is 1030. The fourth-order valence-corrected chi connectivity index (χ4v) is 3.32. The van der Waals surface area contributed by atoms with Gasteiger partial charge in [-0.15, -0.1) is 11.3 Å².